The lowest BCUT2D eigenvalue weighted by Crippen LogP contribution is -2.27. The highest BCUT2D eigenvalue weighted by atomic mass is 16.3. The SMILES string of the molecule is O=C(Cn1c2ccccc2c(=O)c2ccccc21)N/N=C\c1c(O)[nH]c(=O)[nH]c1=O. The molecule has 0 saturated heterocycles. The molecule has 0 atom stereocenters. The predicted molar refractivity (Wildman–Crippen MR) is 111 cm³/mol. The summed E-state index contributed by atoms with van der Waals surface area (Å²) < 4.78 is 1.70. The third-order valence-electron chi connectivity index (χ3n) is 4.52. The Morgan fingerprint density at radius 2 is 1.60 bits per heavy atom. The third kappa shape index (κ3) is 3.37. The average Bonchev–Trinajstić information content (AvgIpc) is 2.73. The van der Waals surface area contributed by atoms with Crippen LogP contribution in [-0.2, 0) is 11.3 Å². The number of carbonyl (C=O) groups is 1. The summed E-state index contributed by atoms with van der Waals surface area (Å²) in [7, 11) is 0. The van der Waals surface area contributed by atoms with Gasteiger partial charge in [0.25, 0.3) is 11.5 Å². The average molecular weight is 405 g/mol. The van der Waals surface area contributed by atoms with Crippen molar-refractivity contribution in [3.63, 3.8) is 0 Å². The van der Waals surface area contributed by atoms with E-state index in [2.05, 4.69) is 10.5 Å². The van der Waals surface area contributed by atoms with Crippen LogP contribution < -0.4 is 22.1 Å². The van der Waals surface area contributed by atoms with Crippen LogP contribution in [0.3, 0.4) is 0 Å². The molecular weight excluding hydrogens is 390 g/mol. The van der Waals surface area contributed by atoms with Gasteiger partial charge in [-0.05, 0) is 24.3 Å². The highest BCUT2D eigenvalue weighted by Crippen LogP contribution is 2.18. The number of benzene rings is 2. The normalized spacial score (nSPS) is 11.3. The molecule has 2 aromatic heterocycles. The number of hydrogen-bond acceptors (Lipinski definition) is 6. The standard InChI is InChI=1S/C20H15N5O5/c26-16(24-21-9-13-18(28)22-20(30)23-19(13)29)10-25-14-7-3-1-5-11(14)17(27)12-6-2-4-8-15(12)25/h1-9H,10H2,(H,24,26)(H3,22,23,28,29,30)/b21-9-. The van der Waals surface area contributed by atoms with E-state index in [0.717, 1.165) is 6.21 Å². The summed E-state index contributed by atoms with van der Waals surface area (Å²) in [6.07, 6.45) is 0.920. The Balaban J connectivity index is 1.67. The second kappa shape index (κ2) is 7.51. The number of para-hydroxylation sites is 2. The molecule has 2 heterocycles. The van der Waals surface area contributed by atoms with E-state index in [9.17, 15) is 24.3 Å². The quantitative estimate of drug-likeness (QED) is 0.220. The minimum atomic E-state index is -0.865. The lowest BCUT2D eigenvalue weighted by Gasteiger charge is -2.14. The van der Waals surface area contributed by atoms with Gasteiger partial charge < -0.3 is 9.67 Å². The maximum atomic E-state index is 12.7. The van der Waals surface area contributed by atoms with Crippen LogP contribution in [0.25, 0.3) is 21.8 Å². The number of nitrogens with one attached hydrogen (secondary N) is 3. The summed E-state index contributed by atoms with van der Waals surface area (Å²) in [6, 6.07) is 13.9. The Kier molecular flexibility index (Phi) is 4.72. The highest BCUT2D eigenvalue weighted by molar-refractivity contribution is 5.95. The topological polar surface area (TPSA) is 149 Å². The van der Waals surface area contributed by atoms with Crippen molar-refractivity contribution < 1.29 is 9.90 Å². The van der Waals surface area contributed by atoms with Crippen LogP contribution in [0.4, 0.5) is 0 Å². The zero-order chi connectivity index (χ0) is 21.3. The molecule has 4 aromatic rings. The second-order valence-electron chi connectivity index (χ2n) is 6.41. The number of hydrazone groups is 1. The van der Waals surface area contributed by atoms with Crippen LogP contribution in [-0.4, -0.2) is 31.8 Å². The third-order valence-corrected chi connectivity index (χ3v) is 4.52. The van der Waals surface area contributed by atoms with Gasteiger partial charge in [0, 0.05) is 10.8 Å². The van der Waals surface area contributed by atoms with Crippen molar-refractivity contribution in [2.24, 2.45) is 5.10 Å². The van der Waals surface area contributed by atoms with E-state index in [1.165, 1.54) is 0 Å². The van der Waals surface area contributed by atoms with E-state index >= 15 is 0 Å². The highest BCUT2D eigenvalue weighted by Gasteiger charge is 2.12. The number of fused-ring (bicyclic) bond motifs is 2. The Labute approximate surface area is 167 Å². The number of nitrogens with zero attached hydrogens (tertiary/aromatic N) is 2. The van der Waals surface area contributed by atoms with Gasteiger partial charge in [0.1, 0.15) is 12.1 Å². The molecule has 10 heteroatoms. The number of hydrogen-bond donors (Lipinski definition) is 4. The molecule has 0 bridgehead atoms. The minimum Gasteiger partial charge on any atom is -0.494 e. The first-order valence-corrected chi connectivity index (χ1v) is 8.83. The Morgan fingerprint density at radius 3 is 2.20 bits per heavy atom. The van der Waals surface area contributed by atoms with Gasteiger partial charge in [-0.15, -0.1) is 0 Å². The molecule has 4 rings (SSSR count). The summed E-state index contributed by atoms with van der Waals surface area (Å²) in [4.78, 5) is 51.9. The number of H-pyrrole nitrogens is 2. The number of amides is 1. The van der Waals surface area contributed by atoms with Crippen LogP contribution in [0.2, 0.25) is 0 Å². The minimum absolute atomic E-state index is 0.122. The van der Waals surface area contributed by atoms with Gasteiger partial charge in [-0.1, -0.05) is 24.3 Å². The van der Waals surface area contributed by atoms with Crippen LogP contribution in [0.1, 0.15) is 5.56 Å². The van der Waals surface area contributed by atoms with Gasteiger partial charge in [0.2, 0.25) is 5.88 Å². The summed E-state index contributed by atoms with van der Waals surface area (Å²) in [5.41, 5.74) is 1.30. The summed E-state index contributed by atoms with van der Waals surface area (Å²) in [5.74, 6) is -1.19. The fraction of sp³-hybridized carbons (Fsp3) is 0.0500. The lowest BCUT2D eigenvalue weighted by atomic mass is 10.1. The van der Waals surface area contributed by atoms with Crippen molar-refractivity contribution in [1.29, 1.82) is 0 Å². The Bertz CT molecular complexity index is 1440. The molecule has 0 aliphatic rings. The molecule has 0 aliphatic carbocycles. The molecule has 0 radical (unpaired) electrons. The molecule has 1 amide bonds. The first-order chi connectivity index (χ1) is 14.5. The number of aromatic amines is 2. The monoisotopic (exact) mass is 405 g/mol. The van der Waals surface area contributed by atoms with Gasteiger partial charge >= 0.3 is 5.69 Å². The summed E-state index contributed by atoms with van der Waals surface area (Å²) in [6.45, 7) is -0.146. The Hall–Kier alpha value is -4.47. The largest absolute Gasteiger partial charge is 0.494 e. The van der Waals surface area contributed by atoms with E-state index in [1.54, 1.807) is 53.1 Å². The first kappa shape index (κ1) is 18.9. The number of pyridine rings is 1. The number of aromatic nitrogens is 3. The fourth-order valence-electron chi connectivity index (χ4n) is 3.20. The predicted octanol–water partition coefficient (Wildman–Crippen LogP) is 0.387. The first-order valence-electron chi connectivity index (χ1n) is 8.83. The molecule has 0 fully saturated rings. The van der Waals surface area contributed by atoms with E-state index < -0.39 is 23.0 Å². The van der Waals surface area contributed by atoms with Crippen LogP contribution in [0, 0.1) is 0 Å². The number of aromatic hydroxyl groups is 1. The number of carbonyl (C=O) groups excluding carboxylic acids is 1. The van der Waals surface area contributed by atoms with E-state index in [4.69, 9.17) is 0 Å². The van der Waals surface area contributed by atoms with Crippen molar-refractivity contribution in [1.82, 2.24) is 20.0 Å². The van der Waals surface area contributed by atoms with Gasteiger partial charge in [-0.3, -0.25) is 24.4 Å². The number of rotatable bonds is 4. The molecule has 0 unspecified atom stereocenters. The van der Waals surface area contributed by atoms with Gasteiger partial charge in [0.05, 0.1) is 17.2 Å². The molecule has 150 valence electrons. The smallest absolute Gasteiger partial charge is 0.328 e. The zero-order valence-electron chi connectivity index (χ0n) is 15.4. The van der Waals surface area contributed by atoms with E-state index in [0.29, 0.717) is 21.8 Å². The second-order valence-corrected chi connectivity index (χ2v) is 6.41. The molecular formula is C20H15N5O5. The molecule has 30 heavy (non-hydrogen) atoms. The van der Waals surface area contributed by atoms with Crippen molar-refractivity contribution in [3.8, 4) is 5.88 Å². The van der Waals surface area contributed by atoms with Gasteiger partial charge in [0.15, 0.2) is 5.43 Å². The molecule has 0 saturated carbocycles. The lowest BCUT2D eigenvalue weighted by molar-refractivity contribution is -0.121. The zero-order valence-corrected chi connectivity index (χ0v) is 15.4. The Morgan fingerprint density at radius 1 is 1.00 bits per heavy atom. The molecule has 4 N–H and O–H groups in total. The summed E-state index contributed by atoms with van der Waals surface area (Å²) >= 11 is 0. The van der Waals surface area contributed by atoms with Gasteiger partial charge in [-0.2, -0.15) is 5.10 Å². The maximum Gasteiger partial charge on any atom is 0.328 e. The van der Waals surface area contributed by atoms with Crippen LogP contribution >= 0.6 is 0 Å². The maximum absolute atomic E-state index is 12.7. The van der Waals surface area contributed by atoms with E-state index in [-0.39, 0.29) is 17.5 Å². The van der Waals surface area contributed by atoms with Crippen molar-refractivity contribution >= 4 is 33.9 Å². The van der Waals surface area contributed by atoms with E-state index in [1.807, 2.05) is 9.97 Å². The van der Waals surface area contributed by atoms with Crippen LogP contribution in [0.5, 0.6) is 5.88 Å². The van der Waals surface area contributed by atoms with Crippen LogP contribution in [0.15, 0.2) is 68.0 Å². The van der Waals surface area contributed by atoms with Crippen molar-refractivity contribution in [2.75, 3.05) is 0 Å². The molecule has 0 spiro atoms. The van der Waals surface area contributed by atoms with Gasteiger partial charge in [-0.25, -0.2) is 10.2 Å². The molecule has 2 aromatic carbocycles. The van der Waals surface area contributed by atoms with Crippen molar-refractivity contribution in [3.05, 3.63) is 85.2 Å². The molecule has 10 nitrogen and oxygen atoms in total. The fourth-order valence-corrected chi connectivity index (χ4v) is 3.20. The van der Waals surface area contributed by atoms with Crippen molar-refractivity contribution in [2.45, 2.75) is 6.54 Å². The molecule has 0 aliphatic heterocycles. The summed E-state index contributed by atoms with van der Waals surface area (Å²) in [5, 5.41) is 14.3.